The third-order valence-electron chi connectivity index (χ3n) is 7.82. The van der Waals surface area contributed by atoms with Crippen LogP contribution >= 0.6 is 0 Å². The molecule has 0 aromatic heterocycles. The van der Waals surface area contributed by atoms with E-state index in [-0.39, 0.29) is 24.1 Å². The summed E-state index contributed by atoms with van der Waals surface area (Å²) in [6.07, 6.45) is -5.38. The molecule has 0 aliphatic rings. The minimum Gasteiger partial charge on any atom is -0.391 e. The quantitative estimate of drug-likeness (QED) is 0.0545. The maximum Gasteiger partial charge on any atom is 0.200 e. The van der Waals surface area contributed by atoms with Gasteiger partial charge in [-0.15, -0.1) is 21.9 Å². The fraction of sp³-hybridized carbons (Fsp3) is 0.161. The van der Waals surface area contributed by atoms with Crippen molar-refractivity contribution in [3.63, 3.8) is 0 Å². The highest BCUT2D eigenvalue weighted by atomic mass is 32.2. The Bertz CT molecular complexity index is 1780. The van der Waals surface area contributed by atoms with E-state index < -0.39 is 144 Å². The molecule has 0 unspecified atom stereocenters. The van der Waals surface area contributed by atoms with Gasteiger partial charge in [0.05, 0.1) is 13.2 Å². The van der Waals surface area contributed by atoms with Crippen LogP contribution in [0.4, 0.5) is 87.8 Å². The highest BCUT2D eigenvalue weighted by molar-refractivity contribution is 7.97. The summed E-state index contributed by atoms with van der Waals surface area (Å²) in [6, 6.07) is 0. The van der Waals surface area contributed by atoms with Crippen molar-refractivity contribution in [3.8, 4) is 0 Å². The molecule has 0 fully saturated rings. The first kappa shape index (κ1) is 44.9. The number of benzene rings is 4. The van der Waals surface area contributed by atoms with Gasteiger partial charge in [-0.1, -0.05) is 6.58 Å². The van der Waals surface area contributed by atoms with Crippen LogP contribution in [0.1, 0.15) is 0 Å². The fourth-order valence-electron chi connectivity index (χ4n) is 5.57. The zero-order valence-corrected chi connectivity index (χ0v) is 27.1. The third kappa shape index (κ3) is 7.22. The Morgan fingerprint density at radius 3 is 0.655 bits per heavy atom. The van der Waals surface area contributed by atoms with E-state index in [1.807, 2.05) is 6.08 Å². The van der Waals surface area contributed by atoms with Gasteiger partial charge >= 0.3 is 0 Å². The van der Waals surface area contributed by atoms with Gasteiger partial charge in [0.15, 0.2) is 69.8 Å². The van der Waals surface area contributed by atoms with Crippen molar-refractivity contribution in [3.05, 3.63) is 129 Å². The van der Waals surface area contributed by atoms with Gasteiger partial charge in [-0.05, 0) is 17.0 Å². The lowest BCUT2D eigenvalue weighted by Gasteiger charge is -2.44. The number of rotatable bonds is 10. The van der Waals surface area contributed by atoms with Crippen LogP contribution in [0.2, 0.25) is 0 Å². The van der Waals surface area contributed by atoms with Gasteiger partial charge < -0.3 is 10.2 Å². The van der Waals surface area contributed by atoms with E-state index in [0.717, 1.165) is 17.3 Å². The van der Waals surface area contributed by atoms with Crippen molar-refractivity contribution in [2.24, 2.45) is 0 Å². The lowest BCUT2D eigenvalue weighted by molar-refractivity contribution is 0.316. The first-order valence-corrected chi connectivity index (χ1v) is 16.0. The molecule has 4 rings (SSSR count). The molecule has 0 aliphatic carbocycles. The molecule has 2 nitrogen and oxygen atoms in total. The number of aliphatic hydroxyl groups is 2. The second-order valence-corrected chi connectivity index (χ2v) is 13.1. The largest absolute Gasteiger partial charge is 0.391 e. The van der Waals surface area contributed by atoms with Crippen LogP contribution in [0.5, 0.6) is 0 Å². The van der Waals surface area contributed by atoms with E-state index >= 15 is 35.1 Å². The van der Waals surface area contributed by atoms with Crippen molar-refractivity contribution in [2.45, 2.75) is 0 Å². The molecule has 0 aliphatic heterocycles. The predicted octanol–water partition coefficient (Wildman–Crippen LogP) is 5.62. The first-order chi connectivity index (χ1) is 25.5. The molecule has 0 saturated heterocycles. The van der Waals surface area contributed by atoms with Gasteiger partial charge in [0.1, 0.15) is 69.9 Å². The maximum atomic E-state index is 15.4. The van der Waals surface area contributed by atoms with Crippen molar-refractivity contribution >= 4 is 38.9 Å². The highest BCUT2D eigenvalue weighted by Crippen LogP contribution is 2.30. The lowest BCUT2D eigenvalue weighted by atomic mass is 9.12. The number of hydrogen-bond acceptors (Lipinski definition) is 2. The molecule has 0 saturated carbocycles. The fourth-order valence-corrected chi connectivity index (χ4v) is 6.96. The highest BCUT2D eigenvalue weighted by Gasteiger charge is 2.52. The third-order valence-corrected chi connectivity index (χ3v) is 10.0. The average molecular weight is 842 g/mol. The van der Waals surface area contributed by atoms with Gasteiger partial charge in [0.2, 0.25) is 0 Å². The Morgan fingerprint density at radius 2 is 0.509 bits per heavy atom. The van der Waals surface area contributed by atoms with Crippen LogP contribution in [0, 0.1) is 116 Å². The molecule has 0 amide bonds. The van der Waals surface area contributed by atoms with Crippen LogP contribution < -0.4 is 21.9 Å². The molecular weight excluding hydrogens is 827 g/mol. The molecule has 55 heavy (non-hydrogen) atoms. The second-order valence-electron chi connectivity index (χ2n) is 10.7. The van der Waals surface area contributed by atoms with Crippen molar-refractivity contribution in [1.82, 2.24) is 0 Å². The van der Waals surface area contributed by atoms with Gasteiger partial charge in [0, 0.05) is 0 Å². The molecule has 2 N–H and O–H groups in total. The van der Waals surface area contributed by atoms with Crippen LogP contribution in [-0.2, 0) is 10.9 Å². The minimum atomic E-state index is -7.22. The van der Waals surface area contributed by atoms with Crippen molar-refractivity contribution in [1.29, 1.82) is 0 Å². The Morgan fingerprint density at radius 1 is 0.345 bits per heavy atom. The molecule has 24 heteroatoms. The average Bonchev–Trinajstić information content (AvgIpc) is 3.15. The summed E-state index contributed by atoms with van der Waals surface area (Å²) >= 11 is 0. The Balaban J connectivity index is 0.000000712. The van der Waals surface area contributed by atoms with Crippen molar-refractivity contribution < 1.29 is 98.0 Å². The van der Waals surface area contributed by atoms with Crippen LogP contribution in [-0.4, -0.2) is 46.8 Å². The molecule has 4 aromatic rings. The summed E-state index contributed by atoms with van der Waals surface area (Å²) < 4.78 is 294. The van der Waals surface area contributed by atoms with Gasteiger partial charge in [-0.25, -0.2) is 87.8 Å². The maximum absolute atomic E-state index is 15.4. The van der Waals surface area contributed by atoms with Gasteiger partial charge in [-0.3, -0.25) is 0 Å². The Hall–Kier alpha value is -4.45. The zero-order valence-electron chi connectivity index (χ0n) is 26.3. The first-order valence-electron chi connectivity index (χ1n) is 14.2. The van der Waals surface area contributed by atoms with E-state index in [1.54, 1.807) is 0 Å². The van der Waals surface area contributed by atoms with Crippen molar-refractivity contribution in [2.75, 3.05) is 30.5 Å². The SMILES string of the molecule is C=CC[S+](CCO)CCO.Fc1c(F)c(F)c([B-](c2c(F)c(F)c(F)c(F)c2F)(c2c(F)c(F)c(F)c(F)c2F)c2c(F)c(F)c(F)c(F)c2F)c(F)c1F. The molecule has 0 radical (unpaired) electrons. The van der Waals surface area contributed by atoms with E-state index in [4.69, 9.17) is 10.2 Å². The molecule has 0 bridgehead atoms. The topological polar surface area (TPSA) is 40.5 Å². The standard InChI is InChI=1S/C24BF20.C7H15O2S/c26-5-1(6(27)14(35)21(42)13(5)34)25(2-7(28)15(36)22(43)16(37)8(2)29,3-9(30)17(38)23(44)18(39)10(3)31)4-11(32)19(40)24(45)20(41)12(4)33;1-2-5-10(6-3-8)7-4-9/h;2,8-9H,1,3-7H2/q-1;+1. The summed E-state index contributed by atoms with van der Waals surface area (Å²) in [7, 11) is 0.157. The molecule has 300 valence electrons. The Kier molecular flexibility index (Phi) is 14.0. The second kappa shape index (κ2) is 17.1. The summed E-state index contributed by atoms with van der Waals surface area (Å²) in [5, 5.41) is 17.2. The number of aliphatic hydroxyl groups excluding tert-OH is 2. The lowest BCUT2D eigenvalue weighted by Crippen LogP contribution is -2.81. The van der Waals surface area contributed by atoms with E-state index in [9.17, 15) is 52.7 Å². The summed E-state index contributed by atoms with van der Waals surface area (Å²) in [5.41, 5.74) is -14.3. The monoisotopic (exact) mass is 842 g/mol. The van der Waals surface area contributed by atoms with E-state index in [2.05, 4.69) is 6.58 Å². The zero-order chi connectivity index (χ0) is 42.2. The van der Waals surface area contributed by atoms with E-state index in [1.165, 1.54) is 0 Å². The van der Waals surface area contributed by atoms with E-state index in [0.29, 0.717) is 0 Å². The van der Waals surface area contributed by atoms with Crippen LogP contribution in [0.25, 0.3) is 0 Å². The minimum absolute atomic E-state index is 0.157. The summed E-state index contributed by atoms with van der Waals surface area (Å²) in [4.78, 5) is 0. The smallest absolute Gasteiger partial charge is 0.200 e. The molecule has 4 aromatic carbocycles. The number of halogens is 20. The normalized spacial score (nSPS) is 11.7. The summed E-state index contributed by atoms with van der Waals surface area (Å²) in [6.45, 7) is 4.05. The predicted molar refractivity (Wildman–Crippen MR) is 156 cm³/mol. The Labute approximate surface area is 296 Å². The molecular formula is C31H15BF20O2S. The van der Waals surface area contributed by atoms with Crippen LogP contribution in [0.15, 0.2) is 12.7 Å². The molecule has 0 spiro atoms. The number of hydrogen-bond donors (Lipinski definition) is 2. The van der Waals surface area contributed by atoms with Gasteiger partial charge in [-0.2, -0.15) is 0 Å². The molecule has 0 atom stereocenters. The molecule has 0 heterocycles. The summed E-state index contributed by atoms with van der Waals surface area (Å²) in [5.74, 6) is -68.9. The van der Waals surface area contributed by atoms with Gasteiger partial charge in [0.25, 0.3) is 0 Å². The van der Waals surface area contributed by atoms with Crippen LogP contribution in [0.3, 0.4) is 0 Å².